The number of carbonyl (C=O) groups excluding carboxylic acids is 1. The van der Waals surface area contributed by atoms with E-state index in [1.165, 1.54) is 22.9 Å². The molecule has 0 radical (unpaired) electrons. The molecule has 1 unspecified atom stereocenters. The molecule has 1 amide bonds. The summed E-state index contributed by atoms with van der Waals surface area (Å²) in [7, 11) is 0. The third kappa shape index (κ3) is 4.42. The number of aliphatic imine (C=N–C) groups is 1. The first-order chi connectivity index (χ1) is 11.6. The third-order valence-corrected chi connectivity index (χ3v) is 6.09. The number of amides is 1. The zero-order chi connectivity index (χ0) is 16.9. The zero-order valence-corrected chi connectivity index (χ0v) is 15.4. The Morgan fingerprint density at radius 3 is 2.79 bits per heavy atom. The monoisotopic (exact) mass is 356 g/mol. The molecule has 2 aromatic rings. The highest BCUT2D eigenvalue weighted by molar-refractivity contribution is 8.39. The molecule has 0 saturated carbocycles. The summed E-state index contributed by atoms with van der Waals surface area (Å²) in [5.74, 6) is 0.961. The van der Waals surface area contributed by atoms with Crippen LogP contribution in [0.3, 0.4) is 0 Å². The van der Waals surface area contributed by atoms with Crippen LogP contribution in [0.2, 0.25) is 0 Å². The van der Waals surface area contributed by atoms with Crippen LogP contribution in [0.1, 0.15) is 23.6 Å². The highest BCUT2D eigenvalue weighted by Gasteiger charge is 2.19. The Morgan fingerprint density at radius 1 is 1.25 bits per heavy atom. The second kappa shape index (κ2) is 7.90. The summed E-state index contributed by atoms with van der Waals surface area (Å²) in [6.07, 6.45) is 0. The van der Waals surface area contributed by atoms with Crippen molar-refractivity contribution in [3.63, 3.8) is 0 Å². The summed E-state index contributed by atoms with van der Waals surface area (Å²) in [5, 5.41) is 2.84. The Hall–Kier alpha value is -1.72. The zero-order valence-electron chi connectivity index (χ0n) is 13.8. The fourth-order valence-corrected chi connectivity index (χ4v) is 4.53. The van der Waals surface area contributed by atoms with Crippen LogP contribution in [0.25, 0.3) is 0 Å². The standard InChI is InChI=1S/C19H20N2OS2/c1-13-7-9-15(10-8-13)11-20-18(22)14(2)24-19-21-17-6-4-3-5-16(17)12-23-19/h3-10,14H,11-12H2,1-2H3,(H,20,22). The molecule has 1 N–H and O–H groups in total. The van der Waals surface area contributed by atoms with E-state index in [2.05, 4.69) is 35.4 Å². The molecule has 1 aliphatic rings. The fourth-order valence-electron chi connectivity index (χ4n) is 2.32. The molecule has 0 saturated heterocycles. The Labute approximate surface area is 151 Å². The van der Waals surface area contributed by atoms with Gasteiger partial charge in [0.25, 0.3) is 0 Å². The van der Waals surface area contributed by atoms with Crippen molar-refractivity contribution in [2.24, 2.45) is 4.99 Å². The van der Waals surface area contributed by atoms with E-state index in [-0.39, 0.29) is 11.2 Å². The van der Waals surface area contributed by atoms with Crippen LogP contribution in [0, 0.1) is 6.92 Å². The molecule has 0 fully saturated rings. The van der Waals surface area contributed by atoms with E-state index in [1.807, 2.05) is 37.3 Å². The smallest absolute Gasteiger partial charge is 0.233 e. The maximum atomic E-state index is 12.3. The van der Waals surface area contributed by atoms with Crippen molar-refractivity contribution in [2.75, 3.05) is 0 Å². The van der Waals surface area contributed by atoms with Gasteiger partial charge in [-0.3, -0.25) is 4.79 Å². The van der Waals surface area contributed by atoms with Crippen molar-refractivity contribution in [3.8, 4) is 0 Å². The second-order valence-corrected chi connectivity index (χ2v) is 8.31. The van der Waals surface area contributed by atoms with Gasteiger partial charge < -0.3 is 5.32 Å². The summed E-state index contributed by atoms with van der Waals surface area (Å²) in [4.78, 5) is 17.0. The number of fused-ring (bicyclic) bond motifs is 1. The number of rotatable bonds is 4. The third-order valence-electron chi connectivity index (χ3n) is 3.79. The number of nitrogens with zero attached hydrogens (tertiary/aromatic N) is 1. The number of thioether (sulfide) groups is 2. The normalized spacial score (nSPS) is 14.5. The maximum Gasteiger partial charge on any atom is 0.233 e. The van der Waals surface area contributed by atoms with Crippen LogP contribution in [-0.4, -0.2) is 15.5 Å². The van der Waals surface area contributed by atoms with Crippen molar-refractivity contribution in [3.05, 3.63) is 65.2 Å². The molecule has 0 spiro atoms. The predicted octanol–water partition coefficient (Wildman–Crippen LogP) is 4.67. The van der Waals surface area contributed by atoms with Gasteiger partial charge in [0.05, 0.1) is 10.9 Å². The van der Waals surface area contributed by atoms with Crippen LogP contribution in [-0.2, 0) is 17.1 Å². The Balaban J connectivity index is 1.55. The molecule has 1 atom stereocenters. The van der Waals surface area contributed by atoms with Crippen LogP contribution in [0.5, 0.6) is 0 Å². The molecule has 24 heavy (non-hydrogen) atoms. The molecule has 0 aliphatic carbocycles. The summed E-state index contributed by atoms with van der Waals surface area (Å²) in [6, 6.07) is 16.4. The van der Waals surface area contributed by atoms with E-state index in [9.17, 15) is 4.79 Å². The minimum Gasteiger partial charge on any atom is -0.351 e. The number of benzene rings is 2. The first kappa shape index (κ1) is 17.1. The van der Waals surface area contributed by atoms with Gasteiger partial charge in [-0.1, -0.05) is 71.6 Å². The van der Waals surface area contributed by atoms with E-state index in [1.54, 1.807) is 11.8 Å². The first-order valence-electron chi connectivity index (χ1n) is 7.91. The van der Waals surface area contributed by atoms with Crippen molar-refractivity contribution in [2.45, 2.75) is 31.4 Å². The predicted molar refractivity (Wildman–Crippen MR) is 105 cm³/mol. The van der Waals surface area contributed by atoms with Crippen molar-refractivity contribution in [1.29, 1.82) is 0 Å². The molecule has 2 aromatic carbocycles. The Bertz CT molecular complexity index is 756. The fraction of sp³-hybridized carbons (Fsp3) is 0.263. The summed E-state index contributed by atoms with van der Waals surface area (Å²) in [5.41, 5.74) is 4.61. The van der Waals surface area contributed by atoms with Gasteiger partial charge in [0.2, 0.25) is 5.91 Å². The van der Waals surface area contributed by atoms with E-state index < -0.39 is 0 Å². The van der Waals surface area contributed by atoms with Gasteiger partial charge in [-0.25, -0.2) is 4.99 Å². The molecular weight excluding hydrogens is 336 g/mol. The van der Waals surface area contributed by atoms with Gasteiger partial charge in [-0.15, -0.1) is 0 Å². The van der Waals surface area contributed by atoms with Crippen LogP contribution < -0.4 is 5.32 Å². The van der Waals surface area contributed by atoms with Gasteiger partial charge in [-0.05, 0) is 31.0 Å². The lowest BCUT2D eigenvalue weighted by molar-refractivity contribution is -0.120. The molecule has 5 heteroatoms. The number of carbonyl (C=O) groups is 1. The van der Waals surface area contributed by atoms with E-state index in [4.69, 9.17) is 0 Å². The number of nitrogens with one attached hydrogen (secondary N) is 1. The lowest BCUT2D eigenvalue weighted by Gasteiger charge is -2.17. The number of para-hydroxylation sites is 1. The lowest BCUT2D eigenvalue weighted by Crippen LogP contribution is -2.31. The minimum absolute atomic E-state index is 0.0442. The maximum absolute atomic E-state index is 12.3. The quantitative estimate of drug-likeness (QED) is 0.866. The summed E-state index contributed by atoms with van der Waals surface area (Å²) < 4.78 is 0.965. The number of hydrogen-bond donors (Lipinski definition) is 1. The average molecular weight is 357 g/mol. The molecule has 1 aliphatic heterocycles. The van der Waals surface area contributed by atoms with Gasteiger partial charge in [0, 0.05) is 12.3 Å². The highest BCUT2D eigenvalue weighted by Crippen LogP contribution is 2.35. The molecular formula is C19H20N2OS2. The van der Waals surface area contributed by atoms with Gasteiger partial charge in [-0.2, -0.15) is 0 Å². The molecule has 3 nitrogen and oxygen atoms in total. The van der Waals surface area contributed by atoms with Crippen molar-refractivity contribution < 1.29 is 4.79 Å². The second-order valence-electron chi connectivity index (χ2n) is 5.76. The highest BCUT2D eigenvalue weighted by atomic mass is 32.2. The Morgan fingerprint density at radius 2 is 2.00 bits per heavy atom. The number of aryl methyl sites for hydroxylation is 1. The molecule has 3 rings (SSSR count). The first-order valence-corrected chi connectivity index (χ1v) is 9.77. The van der Waals surface area contributed by atoms with Gasteiger partial charge in [0.1, 0.15) is 4.38 Å². The van der Waals surface area contributed by atoms with E-state index in [0.29, 0.717) is 6.54 Å². The van der Waals surface area contributed by atoms with Crippen molar-refractivity contribution >= 4 is 39.5 Å². The minimum atomic E-state index is -0.160. The van der Waals surface area contributed by atoms with Crippen molar-refractivity contribution in [1.82, 2.24) is 5.32 Å². The molecule has 0 aromatic heterocycles. The van der Waals surface area contributed by atoms with E-state index in [0.717, 1.165) is 21.4 Å². The van der Waals surface area contributed by atoms with Crippen LogP contribution in [0.4, 0.5) is 5.69 Å². The summed E-state index contributed by atoms with van der Waals surface area (Å²) in [6.45, 7) is 4.55. The van der Waals surface area contributed by atoms with Gasteiger partial charge in [0.15, 0.2) is 0 Å². The lowest BCUT2D eigenvalue weighted by atomic mass is 10.1. The SMILES string of the molecule is Cc1ccc(CNC(=O)C(C)SC2=Nc3ccccc3CS2)cc1. The molecule has 124 valence electrons. The Kier molecular flexibility index (Phi) is 5.63. The molecule has 0 bridgehead atoms. The average Bonchev–Trinajstić information content (AvgIpc) is 2.61. The topological polar surface area (TPSA) is 41.5 Å². The number of hydrogen-bond acceptors (Lipinski definition) is 4. The van der Waals surface area contributed by atoms with Crippen LogP contribution >= 0.6 is 23.5 Å². The van der Waals surface area contributed by atoms with E-state index >= 15 is 0 Å². The van der Waals surface area contributed by atoms with Gasteiger partial charge >= 0.3 is 0 Å². The van der Waals surface area contributed by atoms with Crippen LogP contribution in [0.15, 0.2) is 53.5 Å². The largest absolute Gasteiger partial charge is 0.351 e. The summed E-state index contributed by atoms with van der Waals surface area (Å²) >= 11 is 3.23. The molecule has 1 heterocycles.